The molecule has 0 radical (unpaired) electrons. The highest BCUT2D eigenvalue weighted by Crippen LogP contribution is 2.32. The van der Waals surface area contributed by atoms with E-state index in [0.29, 0.717) is 18.8 Å². The van der Waals surface area contributed by atoms with Crippen molar-refractivity contribution in [3.05, 3.63) is 126 Å². The maximum absolute atomic E-state index is 10.5. The standard InChI is InChI=1S/C35H37N3O2/c1-3-4-22-38-31(34(29-16-10-6-11-17-29)36-35(38)30-18-12-7-13-19-30)26-37(24-27-14-8-5-9-15-27)25-28-20-21-33(40-2)32(39)23-28/h5-21,23,39H,3-4,22,24-26H2,1-2H3. The van der Waals surface area contributed by atoms with Gasteiger partial charge in [0.1, 0.15) is 5.82 Å². The quantitative estimate of drug-likeness (QED) is 0.178. The van der Waals surface area contributed by atoms with Gasteiger partial charge in [0.05, 0.1) is 18.5 Å². The van der Waals surface area contributed by atoms with E-state index in [0.717, 1.165) is 54.1 Å². The molecule has 5 nitrogen and oxygen atoms in total. The fraction of sp³-hybridized carbons (Fsp3) is 0.229. The Morgan fingerprint density at radius 1 is 0.750 bits per heavy atom. The number of imidazole rings is 1. The highest BCUT2D eigenvalue weighted by atomic mass is 16.5. The van der Waals surface area contributed by atoms with Crippen LogP contribution in [0.25, 0.3) is 22.6 Å². The topological polar surface area (TPSA) is 50.5 Å². The number of aromatic nitrogens is 2. The number of phenolic OH excluding ortho intramolecular Hbond substituents is 1. The monoisotopic (exact) mass is 531 g/mol. The van der Waals surface area contributed by atoms with Crippen LogP contribution in [0, 0.1) is 0 Å². The summed E-state index contributed by atoms with van der Waals surface area (Å²) in [6.07, 6.45) is 2.17. The van der Waals surface area contributed by atoms with Crippen LogP contribution in [-0.2, 0) is 26.2 Å². The van der Waals surface area contributed by atoms with Crippen LogP contribution >= 0.6 is 0 Å². The Labute approximate surface area is 237 Å². The van der Waals surface area contributed by atoms with Gasteiger partial charge in [-0.1, -0.05) is 110 Å². The van der Waals surface area contributed by atoms with E-state index < -0.39 is 0 Å². The summed E-state index contributed by atoms with van der Waals surface area (Å²) in [6, 6.07) is 37.2. The van der Waals surface area contributed by atoms with Crippen molar-refractivity contribution in [1.82, 2.24) is 14.5 Å². The first-order valence-corrected chi connectivity index (χ1v) is 14.0. The average molecular weight is 532 g/mol. The minimum absolute atomic E-state index is 0.156. The van der Waals surface area contributed by atoms with Crippen LogP contribution in [0.15, 0.2) is 109 Å². The first kappa shape index (κ1) is 27.2. The van der Waals surface area contributed by atoms with Crippen molar-refractivity contribution in [2.75, 3.05) is 7.11 Å². The van der Waals surface area contributed by atoms with Crippen molar-refractivity contribution in [2.24, 2.45) is 0 Å². The number of benzene rings is 4. The van der Waals surface area contributed by atoms with Gasteiger partial charge in [0.25, 0.3) is 0 Å². The first-order valence-electron chi connectivity index (χ1n) is 14.0. The van der Waals surface area contributed by atoms with Gasteiger partial charge in [-0.2, -0.15) is 0 Å². The lowest BCUT2D eigenvalue weighted by Gasteiger charge is -2.25. The SMILES string of the molecule is CCCCn1c(-c2ccccc2)nc(-c2ccccc2)c1CN(Cc1ccccc1)Cc1ccc(OC)c(O)c1. The molecule has 5 aromatic rings. The Hall–Kier alpha value is -4.35. The van der Waals surface area contributed by atoms with Gasteiger partial charge in [-0.3, -0.25) is 4.90 Å². The number of hydrogen-bond donors (Lipinski definition) is 1. The number of phenols is 1. The molecule has 204 valence electrons. The summed E-state index contributed by atoms with van der Waals surface area (Å²) < 4.78 is 7.71. The maximum atomic E-state index is 10.5. The van der Waals surface area contributed by atoms with E-state index in [1.54, 1.807) is 13.2 Å². The van der Waals surface area contributed by atoms with E-state index in [2.05, 4.69) is 95.3 Å². The number of nitrogens with zero attached hydrogens (tertiary/aromatic N) is 3. The molecule has 0 aliphatic rings. The molecular weight excluding hydrogens is 494 g/mol. The fourth-order valence-corrected chi connectivity index (χ4v) is 5.15. The Morgan fingerprint density at radius 3 is 2.00 bits per heavy atom. The lowest BCUT2D eigenvalue weighted by molar-refractivity contribution is 0.241. The Bertz CT molecular complexity index is 1500. The van der Waals surface area contributed by atoms with Crippen LogP contribution in [0.1, 0.15) is 36.6 Å². The molecule has 0 saturated heterocycles. The van der Waals surface area contributed by atoms with Gasteiger partial charge >= 0.3 is 0 Å². The van der Waals surface area contributed by atoms with E-state index in [-0.39, 0.29) is 5.75 Å². The molecule has 0 aliphatic heterocycles. The molecule has 0 fully saturated rings. The molecule has 5 heteroatoms. The van der Waals surface area contributed by atoms with Crippen LogP contribution in [0.3, 0.4) is 0 Å². The molecule has 0 spiro atoms. The van der Waals surface area contributed by atoms with Gasteiger partial charge in [-0.25, -0.2) is 4.98 Å². The second-order valence-electron chi connectivity index (χ2n) is 10.1. The highest BCUT2D eigenvalue weighted by Gasteiger charge is 2.22. The number of aromatic hydroxyl groups is 1. The summed E-state index contributed by atoms with van der Waals surface area (Å²) in [6.45, 7) is 5.27. The predicted octanol–water partition coefficient (Wildman–Crippen LogP) is 7.93. The van der Waals surface area contributed by atoms with Crippen molar-refractivity contribution in [2.45, 2.75) is 45.9 Å². The normalized spacial score (nSPS) is 11.2. The zero-order valence-electron chi connectivity index (χ0n) is 23.3. The molecule has 0 atom stereocenters. The Kier molecular flexibility index (Phi) is 8.94. The molecule has 1 N–H and O–H groups in total. The van der Waals surface area contributed by atoms with Crippen LogP contribution in [0.2, 0.25) is 0 Å². The van der Waals surface area contributed by atoms with Crippen LogP contribution < -0.4 is 4.74 Å². The third kappa shape index (κ3) is 6.44. The molecule has 1 heterocycles. The number of unbranched alkanes of at least 4 members (excludes halogenated alkanes) is 1. The second kappa shape index (κ2) is 13.1. The van der Waals surface area contributed by atoms with E-state index in [1.807, 2.05) is 24.3 Å². The average Bonchev–Trinajstić information content (AvgIpc) is 3.35. The number of rotatable bonds is 12. The predicted molar refractivity (Wildman–Crippen MR) is 162 cm³/mol. The lowest BCUT2D eigenvalue weighted by Crippen LogP contribution is -2.24. The minimum atomic E-state index is 0.156. The molecule has 0 saturated carbocycles. The van der Waals surface area contributed by atoms with Gasteiger partial charge < -0.3 is 14.4 Å². The zero-order chi connectivity index (χ0) is 27.7. The summed E-state index contributed by atoms with van der Waals surface area (Å²) in [5.41, 5.74) is 6.73. The van der Waals surface area contributed by atoms with Crippen LogP contribution in [0.4, 0.5) is 0 Å². The number of hydrogen-bond acceptors (Lipinski definition) is 4. The molecule has 40 heavy (non-hydrogen) atoms. The lowest BCUT2D eigenvalue weighted by atomic mass is 10.1. The summed E-state index contributed by atoms with van der Waals surface area (Å²) in [5.74, 6) is 1.64. The molecule has 0 aliphatic carbocycles. The summed E-state index contributed by atoms with van der Waals surface area (Å²) in [7, 11) is 1.57. The third-order valence-electron chi connectivity index (χ3n) is 7.16. The number of ether oxygens (including phenoxy) is 1. The van der Waals surface area contributed by atoms with Gasteiger partial charge in [0.2, 0.25) is 0 Å². The van der Waals surface area contributed by atoms with Crippen molar-refractivity contribution >= 4 is 0 Å². The van der Waals surface area contributed by atoms with E-state index in [4.69, 9.17) is 9.72 Å². The molecule has 5 rings (SSSR count). The molecule has 0 bridgehead atoms. The van der Waals surface area contributed by atoms with Crippen LogP contribution in [-0.4, -0.2) is 26.7 Å². The smallest absolute Gasteiger partial charge is 0.160 e. The van der Waals surface area contributed by atoms with Gasteiger partial charge in [0, 0.05) is 37.3 Å². The zero-order valence-corrected chi connectivity index (χ0v) is 23.3. The number of methoxy groups -OCH3 is 1. The largest absolute Gasteiger partial charge is 0.504 e. The summed E-state index contributed by atoms with van der Waals surface area (Å²) in [4.78, 5) is 7.72. The minimum Gasteiger partial charge on any atom is -0.504 e. The Morgan fingerprint density at radius 2 is 1.38 bits per heavy atom. The van der Waals surface area contributed by atoms with E-state index in [1.165, 1.54) is 11.3 Å². The van der Waals surface area contributed by atoms with Crippen molar-refractivity contribution in [3.8, 4) is 34.1 Å². The van der Waals surface area contributed by atoms with Crippen molar-refractivity contribution < 1.29 is 9.84 Å². The summed E-state index contributed by atoms with van der Waals surface area (Å²) in [5, 5.41) is 10.5. The third-order valence-corrected chi connectivity index (χ3v) is 7.16. The molecule has 0 amide bonds. The van der Waals surface area contributed by atoms with Gasteiger partial charge in [-0.05, 0) is 29.7 Å². The molecular formula is C35H37N3O2. The first-order chi connectivity index (χ1) is 19.7. The highest BCUT2D eigenvalue weighted by molar-refractivity contribution is 5.68. The maximum Gasteiger partial charge on any atom is 0.160 e. The summed E-state index contributed by atoms with van der Waals surface area (Å²) >= 11 is 0. The molecule has 1 aromatic heterocycles. The van der Waals surface area contributed by atoms with Crippen LogP contribution in [0.5, 0.6) is 11.5 Å². The second-order valence-corrected chi connectivity index (χ2v) is 10.1. The Balaban J connectivity index is 1.60. The molecule has 4 aromatic carbocycles. The molecule has 0 unspecified atom stereocenters. The fourth-order valence-electron chi connectivity index (χ4n) is 5.15. The van der Waals surface area contributed by atoms with Gasteiger partial charge in [-0.15, -0.1) is 0 Å². The van der Waals surface area contributed by atoms with Gasteiger partial charge in [0.15, 0.2) is 11.5 Å². The van der Waals surface area contributed by atoms with Crippen molar-refractivity contribution in [1.29, 1.82) is 0 Å². The van der Waals surface area contributed by atoms with Crippen molar-refractivity contribution in [3.63, 3.8) is 0 Å². The van der Waals surface area contributed by atoms with E-state index in [9.17, 15) is 5.11 Å². The van der Waals surface area contributed by atoms with E-state index >= 15 is 0 Å².